The van der Waals surface area contributed by atoms with Gasteiger partial charge >= 0.3 is 0 Å². The van der Waals surface area contributed by atoms with Crippen LogP contribution >= 0.6 is 7.92 Å². The van der Waals surface area contributed by atoms with E-state index in [4.69, 9.17) is 0 Å². The van der Waals surface area contributed by atoms with Gasteiger partial charge in [-0.25, -0.2) is 0 Å². The van der Waals surface area contributed by atoms with Crippen molar-refractivity contribution in [1.29, 1.82) is 0 Å². The Morgan fingerprint density at radius 3 is 1.74 bits per heavy atom. The highest BCUT2D eigenvalue weighted by Gasteiger charge is 2.12. The quantitative estimate of drug-likeness (QED) is 0.347. The van der Waals surface area contributed by atoms with Crippen molar-refractivity contribution < 1.29 is 0 Å². The molecule has 1 heteroatoms. The van der Waals surface area contributed by atoms with Gasteiger partial charge in [0.2, 0.25) is 0 Å². The van der Waals surface area contributed by atoms with Crippen molar-refractivity contribution in [2.75, 3.05) is 6.16 Å². The third kappa shape index (κ3) is 6.88. The fourth-order valence-corrected chi connectivity index (χ4v) is 5.28. The molecule has 0 unspecified atom stereocenters. The van der Waals surface area contributed by atoms with Crippen LogP contribution in [0.25, 0.3) is 0 Å². The largest absolute Gasteiger partial charge is 0.0654 e. The summed E-state index contributed by atoms with van der Waals surface area (Å²) in [5, 5.41) is 3.03. The van der Waals surface area contributed by atoms with Gasteiger partial charge in [-0.2, -0.15) is 0 Å². The van der Waals surface area contributed by atoms with Crippen molar-refractivity contribution in [3.63, 3.8) is 0 Å². The highest BCUT2D eigenvalue weighted by molar-refractivity contribution is 7.73. The summed E-state index contributed by atoms with van der Waals surface area (Å²) < 4.78 is 0. The summed E-state index contributed by atoms with van der Waals surface area (Å²) in [6.07, 6.45) is 13.2. The fourth-order valence-electron chi connectivity index (χ4n) is 2.86. The molecule has 0 heterocycles. The average molecular weight is 325 g/mol. The van der Waals surface area contributed by atoms with E-state index in [2.05, 4.69) is 74.0 Å². The zero-order chi connectivity index (χ0) is 16.2. The van der Waals surface area contributed by atoms with Gasteiger partial charge in [-0.15, -0.1) is 0 Å². The van der Waals surface area contributed by atoms with Crippen LogP contribution in [0.5, 0.6) is 0 Å². The minimum absolute atomic E-state index is 0.195. The third-order valence-electron chi connectivity index (χ3n) is 4.19. The zero-order valence-corrected chi connectivity index (χ0v) is 15.3. The SMILES string of the molecule is CCCCC[CH]CCCCP(c1ccccc1)c1ccccc1. The minimum Gasteiger partial charge on any atom is -0.0654 e. The van der Waals surface area contributed by atoms with E-state index in [0.717, 1.165) is 0 Å². The van der Waals surface area contributed by atoms with Crippen LogP contribution in [0.4, 0.5) is 0 Å². The molecule has 0 N–H and O–H groups in total. The van der Waals surface area contributed by atoms with Crippen LogP contribution in [0.1, 0.15) is 51.9 Å². The Bertz CT molecular complexity index is 467. The van der Waals surface area contributed by atoms with Crippen LogP contribution in [-0.4, -0.2) is 6.16 Å². The van der Waals surface area contributed by atoms with Crippen LogP contribution < -0.4 is 10.6 Å². The van der Waals surface area contributed by atoms with E-state index in [-0.39, 0.29) is 7.92 Å². The highest BCUT2D eigenvalue weighted by atomic mass is 31.1. The van der Waals surface area contributed by atoms with E-state index < -0.39 is 0 Å². The molecule has 0 aromatic heterocycles. The van der Waals surface area contributed by atoms with Gasteiger partial charge in [0.15, 0.2) is 0 Å². The average Bonchev–Trinajstić information content (AvgIpc) is 2.62. The maximum atomic E-state index is 2.50. The van der Waals surface area contributed by atoms with E-state index in [1.807, 2.05) is 0 Å². The van der Waals surface area contributed by atoms with E-state index in [0.29, 0.717) is 0 Å². The third-order valence-corrected chi connectivity index (χ3v) is 6.79. The molecule has 123 valence electrons. The molecular weight excluding hydrogens is 295 g/mol. The summed E-state index contributed by atoms with van der Waals surface area (Å²) in [5.74, 6) is 0. The fraction of sp³-hybridized carbons (Fsp3) is 0.409. The van der Waals surface area contributed by atoms with Gasteiger partial charge in [-0.05, 0) is 37.5 Å². The van der Waals surface area contributed by atoms with E-state index in [1.165, 1.54) is 61.7 Å². The second kappa shape index (κ2) is 11.4. The lowest BCUT2D eigenvalue weighted by molar-refractivity contribution is 0.674. The standard InChI is InChI=1S/C22H30P/c1-2-3-4-5-6-7-8-15-20-23(21-16-11-9-12-17-21)22-18-13-10-14-19-22/h6,9-14,16-19H,2-5,7-8,15,20H2,1H3. The van der Waals surface area contributed by atoms with Crippen LogP contribution in [0.3, 0.4) is 0 Å². The number of hydrogen-bond donors (Lipinski definition) is 0. The predicted octanol–water partition coefficient (Wildman–Crippen LogP) is 6.07. The number of hydrogen-bond acceptors (Lipinski definition) is 0. The minimum atomic E-state index is -0.195. The first-order valence-electron chi connectivity index (χ1n) is 9.11. The molecule has 0 aliphatic heterocycles. The van der Waals surface area contributed by atoms with Crippen molar-refractivity contribution in [2.45, 2.75) is 51.9 Å². The molecule has 0 saturated heterocycles. The van der Waals surface area contributed by atoms with E-state index in [1.54, 1.807) is 0 Å². The van der Waals surface area contributed by atoms with Crippen molar-refractivity contribution in [2.24, 2.45) is 0 Å². The number of rotatable bonds is 11. The Morgan fingerprint density at radius 1 is 0.696 bits per heavy atom. The lowest BCUT2D eigenvalue weighted by Gasteiger charge is -2.18. The Labute approximate surface area is 144 Å². The number of unbranched alkanes of at least 4 members (excludes halogenated alkanes) is 7. The Hall–Kier alpha value is -1.13. The van der Waals surface area contributed by atoms with Gasteiger partial charge < -0.3 is 0 Å². The molecule has 0 aliphatic carbocycles. The molecule has 2 aromatic carbocycles. The first-order valence-corrected chi connectivity index (χ1v) is 10.6. The van der Waals surface area contributed by atoms with Crippen LogP contribution in [-0.2, 0) is 0 Å². The summed E-state index contributed by atoms with van der Waals surface area (Å²) in [6, 6.07) is 22.1. The molecule has 0 aliphatic rings. The molecule has 0 spiro atoms. The Kier molecular flexibility index (Phi) is 9.04. The van der Waals surface area contributed by atoms with Gasteiger partial charge in [-0.1, -0.05) is 106 Å². The summed E-state index contributed by atoms with van der Waals surface area (Å²) in [7, 11) is -0.195. The predicted molar refractivity (Wildman–Crippen MR) is 106 cm³/mol. The molecule has 0 saturated carbocycles. The topological polar surface area (TPSA) is 0 Å². The summed E-state index contributed by atoms with van der Waals surface area (Å²) >= 11 is 0. The Balaban J connectivity index is 1.80. The van der Waals surface area contributed by atoms with Crippen molar-refractivity contribution in [3.05, 3.63) is 67.1 Å². The van der Waals surface area contributed by atoms with Crippen molar-refractivity contribution >= 4 is 18.5 Å². The molecule has 2 aromatic rings. The molecule has 2 rings (SSSR count). The van der Waals surface area contributed by atoms with Crippen molar-refractivity contribution in [3.8, 4) is 0 Å². The second-order valence-electron chi connectivity index (χ2n) is 6.10. The zero-order valence-electron chi connectivity index (χ0n) is 14.5. The molecule has 0 bridgehead atoms. The maximum Gasteiger partial charge on any atom is -0.0195 e. The second-order valence-corrected chi connectivity index (χ2v) is 8.44. The molecule has 0 fully saturated rings. The van der Waals surface area contributed by atoms with Gasteiger partial charge in [0, 0.05) is 0 Å². The monoisotopic (exact) mass is 325 g/mol. The summed E-state index contributed by atoms with van der Waals surface area (Å²) in [6.45, 7) is 2.27. The van der Waals surface area contributed by atoms with Gasteiger partial charge in [0.05, 0.1) is 0 Å². The molecule has 0 nitrogen and oxygen atoms in total. The normalized spacial score (nSPS) is 11.0. The smallest absolute Gasteiger partial charge is 0.0195 e. The van der Waals surface area contributed by atoms with Gasteiger partial charge in [0.25, 0.3) is 0 Å². The molecule has 0 atom stereocenters. The van der Waals surface area contributed by atoms with E-state index >= 15 is 0 Å². The lowest BCUT2D eigenvalue weighted by Crippen LogP contribution is -2.13. The molecule has 0 amide bonds. The molecule has 1 radical (unpaired) electrons. The van der Waals surface area contributed by atoms with Gasteiger partial charge in [-0.3, -0.25) is 0 Å². The van der Waals surface area contributed by atoms with Gasteiger partial charge in [0.1, 0.15) is 0 Å². The molecule has 23 heavy (non-hydrogen) atoms. The van der Waals surface area contributed by atoms with Crippen molar-refractivity contribution in [1.82, 2.24) is 0 Å². The van der Waals surface area contributed by atoms with Crippen LogP contribution in [0.15, 0.2) is 60.7 Å². The summed E-state index contributed by atoms with van der Waals surface area (Å²) in [5.41, 5.74) is 0. The first-order chi connectivity index (χ1) is 11.4. The highest BCUT2D eigenvalue weighted by Crippen LogP contribution is 2.34. The first kappa shape index (κ1) is 18.2. The van der Waals surface area contributed by atoms with Crippen LogP contribution in [0, 0.1) is 6.42 Å². The maximum absolute atomic E-state index is 2.50. The number of benzene rings is 2. The van der Waals surface area contributed by atoms with Crippen LogP contribution in [0.2, 0.25) is 0 Å². The van der Waals surface area contributed by atoms with E-state index in [9.17, 15) is 0 Å². The molecular formula is C22H30P. The summed E-state index contributed by atoms with van der Waals surface area (Å²) in [4.78, 5) is 0. The lowest BCUT2D eigenvalue weighted by atomic mass is 10.1. The Morgan fingerprint density at radius 2 is 1.22 bits per heavy atom.